The molecule has 3 heterocycles. The van der Waals surface area contributed by atoms with E-state index in [-0.39, 0.29) is 6.61 Å². The van der Waals surface area contributed by atoms with Crippen molar-refractivity contribution < 1.29 is 20.1 Å². The molecular formula is C12H16N4O4. The first-order valence-electron chi connectivity index (χ1n) is 6.24. The number of aryl methyl sites for hydroxylation is 1. The second kappa shape index (κ2) is 4.67. The highest BCUT2D eigenvalue weighted by Gasteiger charge is 2.43. The molecule has 0 aliphatic carbocycles. The number of aliphatic hydroxyl groups excluding tert-OH is 3. The molecule has 0 spiro atoms. The molecule has 0 aromatic carbocycles. The fraction of sp³-hybridized carbons (Fsp3) is 0.500. The Morgan fingerprint density at radius 2 is 2.15 bits per heavy atom. The predicted molar refractivity (Wildman–Crippen MR) is 67.6 cm³/mol. The third-order valence-corrected chi connectivity index (χ3v) is 3.64. The standard InChI is InChI=1S/C12H16N4O4/c1-15-5-14-11-6(10(15)13)2-3-16(11)12-9(19)8(18)7(4-17)20-12/h2-3,5,7-9,12-13,17-19H,4H2,1H3. The molecule has 0 saturated carbocycles. The van der Waals surface area contributed by atoms with Crippen LogP contribution in [0.3, 0.4) is 0 Å². The topological polar surface area (TPSA) is 117 Å². The molecule has 3 rings (SSSR count). The first-order valence-corrected chi connectivity index (χ1v) is 6.24. The van der Waals surface area contributed by atoms with Crippen LogP contribution in [0.5, 0.6) is 0 Å². The summed E-state index contributed by atoms with van der Waals surface area (Å²) in [5.74, 6) is 0. The highest BCUT2D eigenvalue weighted by molar-refractivity contribution is 5.74. The minimum Gasteiger partial charge on any atom is -0.394 e. The van der Waals surface area contributed by atoms with Gasteiger partial charge in [-0.2, -0.15) is 0 Å². The lowest BCUT2D eigenvalue weighted by Gasteiger charge is -2.17. The first kappa shape index (κ1) is 13.3. The van der Waals surface area contributed by atoms with Crippen molar-refractivity contribution in [1.82, 2.24) is 14.1 Å². The molecule has 1 aliphatic heterocycles. The molecule has 4 atom stereocenters. The molecule has 2 aromatic rings. The maximum absolute atomic E-state index is 10.0. The Bertz CT molecular complexity index is 694. The lowest BCUT2D eigenvalue weighted by atomic mass is 10.1. The number of fused-ring (bicyclic) bond motifs is 1. The van der Waals surface area contributed by atoms with Crippen molar-refractivity contribution in [1.29, 1.82) is 5.41 Å². The number of ether oxygens (including phenoxy) is 1. The summed E-state index contributed by atoms with van der Waals surface area (Å²) in [4.78, 5) is 4.23. The van der Waals surface area contributed by atoms with Crippen molar-refractivity contribution in [2.45, 2.75) is 24.5 Å². The first-order chi connectivity index (χ1) is 9.54. The average Bonchev–Trinajstić information content (AvgIpc) is 2.98. The van der Waals surface area contributed by atoms with Crippen molar-refractivity contribution in [2.75, 3.05) is 6.61 Å². The van der Waals surface area contributed by atoms with Crippen LogP contribution in [-0.2, 0) is 11.8 Å². The van der Waals surface area contributed by atoms with Crippen LogP contribution in [0.1, 0.15) is 6.23 Å². The Morgan fingerprint density at radius 3 is 2.80 bits per heavy atom. The number of hydrogen-bond acceptors (Lipinski definition) is 6. The minimum atomic E-state index is -1.16. The van der Waals surface area contributed by atoms with Crippen molar-refractivity contribution in [3.05, 3.63) is 24.1 Å². The van der Waals surface area contributed by atoms with E-state index in [1.165, 1.54) is 6.33 Å². The van der Waals surface area contributed by atoms with Crippen LogP contribution in [0, 0.1) is 5.41 Å². The van der Waals surface area contributed by atoms with Gasteiger partial charge in [0.1, 0.15) is 29.4 Å². The molecule has 4 unspecified atom stereocenters. The molecule has 8 nitrogen and oxygen atoms in total. The minimum absolute atomic E-state index is 0.292. The monoisotopic (exact) mass is 280 g/mol. The van der Waals surface area contributed by atoms with Gasteiger partial charge in [0.15, 0.2) is 6.23 Å². The summed E-state index contributed by atoms with van der Waals surface area (Å²) in [6.45, 7) is -0.375. The zero-order valence-corrected chi connectivity index (χ0v) is 10.8. The molecule has 20 heavy (non-hydrogen) atoms. The van der Waals surface area contributed by atoms with Crippen molar-refractivity contribution in [3.63, 3.8) is 0 Å². The Balaban J connectivity index is 2.08. The molecule has 8 heteroatoms. The molecule has 1 saturated heterocycles. The fourth-order valence-electron chi connectivity index (χ4n) is 2.46. The Hall–Kier alpha value is -1.74. The SMILES string of the molecule is Cn1cnc2c(ccn2C2OC(CO)C(O)C2O)c1=N. The molecule has 1 fully saturated rings. The van der Waals surface area contributed by atoms with E-state index in [0.29, 0.717) is 16.5 Å². The quantitative estimate of drug-likeness (QED) is 0.532. The summed E-state index contributed by atoms with van der Waals surface area (Å²) < 4.78 is 8.60. The van der Waals surface area contributed by atoms with Crippen LogP contribution in [0.25, 0.3) is 11.0 Å². The van der Waals surface area contributed by atoms with Crippen LogP contribution in [0.2, 0.25) is 0 Å². The maximum Gasteiger partial charge on any atom is 0.164 e. The highest BCUT2D eigenvalue weighted by Crippen LogP contribution is 2.31. The van der Waals surface area contributed by atoms with Gasteiger partial charge < -0.3 is 29.2 Å². The van der Waals surface area contributed by atoms with Gasteiger partial charge in [-0.25, -0.2) is 4.98 Å². The number of hydrogen-bond donors (Lipinski definition) is 4. The smallest absolute Gasteiger partial charge is 0.164 e. The van der Waals surface area contributed by atoms with Crippen LogP contribution in [0.4, 0.5) is 0 Å². The van der Waals surface area contributed by atoms with Crippen molar-refractivity contribution in [3.8, 4) is 0 Å². The van der Waals surface area contributed by atoms with Gasteiger partial charge in [0.2, 0.25) is 0 Å². The van der Waals surface area contributed by atoms with Gasteiger partial charge in [0.05, 0.1) is 18.3 Å². The van der Waals surface area contributed by atoms with Crippen molar-refractivity contribution in [2.24, 2.45) is 7.05 Å². The van der Waals surface area contributed by atoms with E-state index < -0.39 is 24.5 Å². The van der Waals surface area contributed by atoms with Crippen LogP contribution in [0.15, 0.2) is 18.6 Å². The average molecular weight is 280 g/mol. The molecule has 0 amide bonds. The third kappa shape index (κ3) is 1.77. The molecule has 1 aliphatic rings. The lowest BCUT2D eigenvalue weighted by molar-refractivity contribution is -0.0508. The third-order valence-electron chi connectivity index (χ3n) is 3.64. The second-order valence-corrected chi connectivity index (χ2v) is 4.89. The van der Waals surface area contributed by atoms with Crippen LogP contribution < -0.4 is 5.49 Å². The van der Waals surface area contributed by atoms with Gasteiger partial charge in [-0.15, -0.1) is 0 Å². The molecular weight excluding hydrogens is 264 g/mol. The molecule has 108 valence electrons. The Morgan fingerprint density at radius 1 is 1.40 bits per heavy atom. The van der Waals surface area contributed by atoms with E-state index in [2.05, 4.69) is 4.98 Å². The summed E-state index contributed by atoms with van der Waals surface area (Å²) in [6, 6.07) is 1.71. The van der Waals surface area contributed by atoms with E-state index in [1.54, 1.807) is 28.4 Å². The largest absolute Gasteiger partial charge is 0.394 e. The van der Waals surface area contributed by atoms with Crippen molar-refractivity contribution >= 4 is 11.0 Å². The van der Waals surface area contributed by atoms with E-state index >= 15 is 0 Å². The number of aliphatic hydroxyl groups is 3. The maximum atomic E-state index is 10.0. The number of nitrogens with zero attached hydrogens (tertiary/aromatic N) is 3. The van der Waals surface area contributed by atoms with E-state index in [9.17, 15) is 10.2 Å². The number of aromatic nitrogens is 3. The Labute approximate surface area is 114 Å². The molecule has 2 aromatic heterocycles. The van der Waals surface area contributed by atoms with E-state index in [1.807, 2.05) is 0 Å². The van der Waals surface area contributed by atoms with E-state index in [0.717, 1.165) is 0 Å². The van der Waals surface area contributed by atoms with Gasteiger partial charge in [-0.1, -0.05) is 0 Å². The van der Waals surface area contributed by atoms with E-state index in [4.69, 9.17) is 15.3 Å². The highest BCUT2D eigenvalue weighted by atomic mass is 16.6. The fourth-order valence-corrected chi connectivity index (χ4v) is 2.46. The summed E-state index contributed by atoms with van der Waals surface area (Å²) in [7, 11) is 1.72. The summed E-state index contributed by atoms with van der Waals surface area (Å²) in [5, 5.41) is 37.5. The number of rotatable bonds is 2. The van der Waals surface area contributed by atoms with Gasteiger partial charge in [0, 0.05) is 13.2 Å². The number of nitrogens with one attached hydrogen (secondary N) is 1. The summed E-state index contributed by atoms with van der Waals surface area (Å²) in [6.07, 6.45) is -0.828. The van der Waals surface area contributed by atoms with Gasteiger partial charge in [0.25, 0.3) is 0 Å². The van der Waals surface area contributed by atoms with Gasteiger partial charge in [-0.05, 0) is 6.07 Å². The zero-order chi connectivity index (χ0) is 14.4. The Kier molecular flexibility index (Phi) is 3.09. The summed E-state index contributed by atoms with van der Waals surface area (Å²) >= 11 is 0. The molecule has 0 bridgehead atoms. The van der Waals surface area contributed by atoms with Gasteiger partial charge in [-0.3, -0.25) is 5.41 Å². The van der Waals surface area contributed by atoms with Crippen LogP contribution in [-0.4, -0.2) is 54.4 Å². The zero-order valence-electron chi connectivity index (χ0n) is 10.8. The molecule has 0 radical (unpaired) electrons. The normalized spacial score (nSPS) is 30.2. The molecule has 4 N–H and O–H groups in total. The van der Waals surface area contributed by atoms with Crippen LogP contribution >= 0.6 is 0 Å². The lowest BCUT2D eigenvalue weighted by Crippen LogP contribution is -2.33. The second-order valence-electron chi connectivity index (χ2n) is 4.89. The van der Waals surface area contributed by atoms with Gasteiger partial charge >= 0.3 is 0 Å². The summed E-state index contributed by atoms with van der Waals surface area (Å²) in [5.41, 5.74) is 0.781. The predicted octanol–water partition coefficient (Wildman–Crippen LogP) is -1.53.